The average Bonchev–Trinajstić information content (AvgIpc) is 2.32. The second-order valence-corrected chi connectivity index (χ2v) is 4.96. The molecule has 17 heavy (non-hydrogen) atoms. The van der Waals surface area contributed by atoms with Gasteiger partial charge in [0, 0.05) is 4.90 Å². The van der Waals surface area contributed by atoms with Crippen molar-refractivity contribution in [2.75, 3.05) is 12.4 Å². The van der Waals surface area contributed by atoms with Gasteiger partial charge < -0.3 is 10.1 Å². The van der Waals surface area contributed by atoms with Crippen LogP contribution in [0.1, 0.15) is 12.0 Å². The number of benzene rings is 1. The SMILES string of the molecule is COc1ccc(C)c2c1NC(=O)C(CC#N)S2. The number of thioether (sulfide) groups is 1. The van der Waals surface area contributed by atoms with Gasteiger partial charge in [-0.1, -0.05) is 6.07 Å². The maximum Gasteiger partial charge on any atom is 0.239 e. The van der Waals surface area contributed by atoms with Crippen molar-refractivity contribution in [1.29, 1.82) is 5.26 Å². The average molecular weight is 248 g/mol. The van der Waals surface area contributed by atoms with Crippen molar-refractivity contribution in [3.05, 3.63) is 17.7 Å². The van der Waals surface area contributed by atoms with Gasteiger partial charge in [0.15, 0.2) is 0 Å². The molecule has 1 aromatic rings. The molecule has 0 aliphatic carbocycles. The highest BCUT2D eigenvalue weighted by Gasteiger charge is 2.29. The second kappa shape index (κ2) is 4.68. The normalized spacial score (nSPS) is 17.9. The van der Waals surface area contributed by atoms with Gasteiger partial charge in [0.2, 0.25) is 5.91 Å². The number of nitriles is 1. The summed E-state index contributed by atoms with van der Waals surface area (Å²) in [6.45, 7) is 1.98. The van der Waals surface area contributed by atoms with Crippen molar-refractivity contribution in [2.45, 2.75) is 23.5 Å². The molecule has 2 rings (SSSR count). The maximum absolute atomic E-state index is 11.8. The van der Waals surface area contributed by atoms with Gasteiger partial charge in [0.05, 0.1) is 25.3 Å². The summed E-state index contributed by atoms with van der Waals surface area (Å²) in [4.78, 5) is 12.8. The number of carbonyl (C=O) groups is 1. The number of nitrogens with zero attached hydrogens (tertiary/aromatic N) is 1. The van der Waals surface area contributed by atoms with Crippen LogP contribution >= 0.6 is 11.8 Å². The zero-order valence-electron chi connectivity index (χ0n) is 9.61. The first-order chi connectivity index (χ1) is 8.17. The molecule has 0 radical (unpaired) electrons. The molecule has 0 saturated heterocycles. The predicted molar refractivity (Wildman–Crippen MR) is 66.2 cm³/mol. The van der Waals surface area contributed by atoms with Crippen LogP contribution in [0.25, 0.3) is 0 Å². The summed E-state index contributed by atoms with van der Waals surface area (Å²) in [7, 11) is 1.57. The van der Waals surface area contributed by atoms with E-state index in [9.17, 15) is 4.79 Å². The number of hydrogen-bond acceptors (Lipinski definition) is 4. The van der Waals surface area contributed by atoms with Gasteiger partial charge in [-0.05, 0) is 18.6 Å². The summed E-state index contributed by atoms with van der Waals surface area (Å²) in [5.74, 6) is 0.523. The number of anilines is 1. The topological polar surface area (TPSA) is 62.1 Å². The van der Waals surface area contributed by atoms with E-state index in [4.69, 9.17) is 10.00 Å². The fourth-order valence-electron chi connectivity index (χ4n) is 1.73. The monoisotopic (exact) mass is 248 g/mol. The van der Waals surface area contributed by atoms with Crippen molar-refractivity contribution in [3.63, 3.8) is 0 Å². The van der Waals surface area contributed by atoms with Gasteiger partial charge in [0.1, 0.15) is 11.0 Å². The summed E-state index contributed by atoms with van der Waals surface area (Å²) in [5, 5.41) is 11.2. The van der Waals surface area contributed by atoms with Crippen LogP contribution in [0.2, 0.25) is 0 Å². The number of amides is 1. The first-order valence-corrected chi connectivity index (χ1v) is 6.07. The lowest BCUT2D eigenvalue weighted by molar-refractivity contribution is -0.115. The lowest BCUT2D eigenvalue weighted by Crippen LogP contribution is -2.29. The van der Waals surface area contributed by atoms with E-state index in [2.05, 4.69) is 5.32 Å². The fourth-order valence-corrected chi connectivity index (χ4v) is 2.86. The molecule has 0 aromatic heterocycles. The largest absolute Gasteiger partial charge is 0.495 e. The Morgan fingerprint density at radius 3 is 3.00 bits per heavy atom. The van der Waals surface area contributed by atoms with Crippen LogP contribution in [0.3, 0.4) is 0 Å². The third-order valence-corrected chi connectivity index (χ3v) is 4.04. The standard InChI is InChI=1S/C12H12N2O2S/c1-7-3-4-8(16-2)10-11(7)17-9(5-6-13)12(15)14-10/h3-4,9H,5H2,1-2H3,(H,14,15). The number of aryl methyl sites for hydroxylation is 1. The second-order valence-electron chi connectivity index (χ2n) is 3.75. The molecule has 1 aromatic carbocycles. The predicted octanol–water partition coefficient (Wildman–Crippen LogP) is 2.33. The third-order valence-electron chi connectivity index (χ3n) is 2.61. The summed E-state index contributed by atoms with van der Waals surface area (Å²) in [6, 6.07) is 5.82. The molecule has 5 heteroatoms. The van der Waals surface area contributed by atoms with Crippen molar-refractivity contribution in [2.24, 2.45) is 0 Å². The molecule has 0 spiro atoms. The first kappa shape index (κ1) is 11.8. The minimum Gasteiger partial charge on any atom is -0.495 e. The quantitative estimate of drug-likeness (QED) is 0.872. The number of ether oxygens (including phenoxy) is 1. The zero-order chi connectivity index (χ0) is 12.4. The van der Waals surface area contributed by atoms with E-state index in [0.717, 1.165) is 16.1 Å². The Morgan fingerprint density at radius 2 is 2.35 bits per heavy atom. The highest BCUT2D eigenvalue weighted by molar-refractivity contribution is 8.01. The van der Waals surface area contributed by atoms with E-state index in [-0.39, 0.29) is 17.6 Å². The molecule has 4 nitrogen and oxygen atoms in total. The molecular formula is C12H12N2O2S. The molecule has 1 unspecified atom stereocenters. The van der Waals surface area contributed by atoms with Crippen LogP contribution in [0.15, 0.2) is 17.0 Å². The smallest absolute Gasteiger partial charge is 0.239 e. The minimum absolute atomic E-state index is 0.132. The van der Waals surface area contributed by atoms with Gasteiger partial charge in [-0.2, -0.15) is 5.26 Å². The molecule has 1 atom stereocenters. The van der Waals surface area contributed by atoms with E-state index < -0.39 is 0 Å². The molecule has 0 fully saturated rings. The van der Waals surface area contributed by atoms with E-state index in [1.165, 1.54) is 11.8 Å². The molecular weight excluding hydrogens is 236 g/mol. The van der Waals surface area contributed by atoms with Crippen LogP contribution in [-0.2, 0) is 4.79 Å². The molecule has 1 amide bonds. The molecule has 0 saturated carbocycles. The van der Waals surface area contributed by atoms with E-state index in [1.54, 1.807) is 7.11 Å². The van der Waals surface area contributed by atoms with Crippen LogP contribution in [0.5, 0.6) is 5.75 Å². The van der Waals surface area contributed by atoms with Crippen LogP contribution in [0, 0.1) is 18.3 Å². The lowest BCUT2D eigenvalue weighted by Gasteiger charge is -2.25. The number of rotatable bonds is 2. The first-order valence-electron chi connectivity index (χ1n) is 5.19. The van der Waals surface area contributed by atoms with Crippen molar-refractivity contribution >= 4 is 23.4 Å². The number of hydrogen-bond donors (Lipinski definition) is 1. The highest BCUT2D eigenvalue weighted by Crippen LogP contribution is 2.43. The van der Waals surface area contributed by atoms with E-state index in [0.29, 0.717) is 5.75 Å². The highest BCUT2D eigenvalue weighted by atomic mass is 32.2. The molecule has 1 aliphatic heterocycles. The van der Waals surface area contributed by atoms with Gasteiger partial charge in [-0.3, -0.25) is 4.79 Å². The van der Waals surface area contributed by atoms with Crippen LogP contribution in [0.4, 0.5) is 5.69 Å². The van der Waals surface area contributed by atoms with Crippen LogP contribution < -0.4 is 10.1 Å². The van der Waals surface area contributed by atoms with Gasteiger partial charge >= 0.3 is 0 Å². The third kappa shape index (κ3) is 2.08. The van der Waals surface area contributed by atoms with Crippen molar-refractivity contribution < 1.29 is 9.53 Å². The molecule has 1 heterocycles. The van der Waals surface area contributed by atoms with E-state index in [1.807, 2.05) is 25.1 Å². The summed E-state index contributed by atoms with van der Waals surface area (Å²) in [5.41, 5.74) is 1.80. The number of nitrogens with one attached hydrogen (secondary N) is 1. The fraction of sp³-hybridized carbons (Fsp3) is 0.333. The Labute approximate surface area is 104 Å². The van der Waals surface area contributed by atoms with E-state index >= 15 is 0 Å². The van der Waals surface area contributed by atoms with Gasteiger partial charge in [-0.25, -0.2) is 0 Å². The minimum atomic E-state index is -0.335. The number of methoxy groups -OCH3 is 1. The summed E-state index contributed by atoms with van der Waals surface area (Å²) < 4.78 is 5.22. The Hall–Kier alpha value is -1.67. The molecule has 0 bridgehead atoms. The van der Waals surface area contributed by atoms with Crippen molar-refractivity contribution in [1.82, 2.24) is 0 Å². The molecule has 1 aliphatic rings. The molecule has 88 valence electrons. The lowest BCUT2D eigenvalue weighted by atomic mass is 10.2. The summed E-state index contributed by atoms with van der Waals surface area (Å²) >= 11 is 1.43. The molecule has 1 N–H and O–H groups in total. The Balaban J connectivity index is 2.44. The maximum atomic E-state index is 11.8. The zero-order valence-corrected chi connectivity index (χ0v) is 10.4. The summed E-state index contributed by atoms with van der Waals surface area (Å²) in [6.07, 6.45) is 0.215. The van der Waals surface area contributed by atoms with Gasteiger partial charge in [-0.15, -0.1) is 11.8 Å². The van der Waals surface area contributed by atoms with Crippen molar-refractivity contribution in [3.8, 4) is 11.8 Å². The Kier molecular flexibility index (Phi) is 3.25. The number of fused-ring (bicyclic) bond motifs is 1. The Bertz CT molecular complexity index is 508. The van der Waals surface area contributed by atoms with Crippen LogP contribution in [-0.4, -0.2) is 18.3 Å². The number of carbonyl (C=O) groups excluding carboxylic acids is 1. The Morgan fingerprint density at radius 1 is 1.59 bits per heavy atom. The van der Waals surface area contributed by atoms with Gasteiger partial charge in [0.25, 0.3) is 0 Å².